The molecule has 0 unspecified atom stereocenters. The molecule has 0 amide bonds. The van der Waals surface area contributed by atoms with Crippen LogP contribution in [0.3, 0.4) is 0 Å². The first-order valence-corrected chi connectivity index (χ1v) is 19.1. The molecule has 4 aromatic rings. The number of para-hydroxylation sites is 2. The van der Waals surface area contributed by atoms with Gasteiger partial charge in [0.15, 0.2) is 0 Å². The van der Waals surface area contributed by atoms with Gasteiger partial charge in [0.2, 0.25) is 16.6 Å². The van der Waals surface area contributed by atoms with E-state index < -0.39 is 40.0 Å². The average Bonchev–Trinajstić information content (AvgIpc) is 3.36. The van der Waals surface area contributed by atoms with Crippen molar-refractivity contribution in [3.63, 3.8) is 0 Å². The lowest BCUT2D eigenvalue weighted by Gasteiger charge is -2.35. The maximum atomic E-state index is 13.5. The van der Waals surface area contributed by atoms with Crippen molar-refractivity contribution < 1.29 is 23.2 Å². The van der Waals surface area contributed by atoms with Crippen LogP contribution in [0.1, 0.15) is 41.5 Å². The van der Waals surface area contributed by atoms with E-state index in [9.17, 15) is 9.59 Å². The van der Waals surface area contributed by atoms with Gasteiger partial charge in [-0.25, -0.2) is 9.59 Å². The van der Waals surface area contributed by atoms with E-state index in [0.717, 1.165) is 32.4 Å². The summed E-state index contributed by atoms with van der Waals surface area (Å²) in [6.07, 6.45) is -0.851. The first-order valence-electron chi connectivity index (χ1n) is 13.3. The highest BCUT2D eigenvalue weighted by Crippen LogP contribution is 2.25. The lowest BCUT2D eigenvalue weighted by atomic mass is 10.2. The number of benzene rings is 2. The number of hydrogen-bond acceptors (Lipinski definition) is 5. The van der Waals surface area contributed by atoms with Crippen LogP contribution >= 0.6 is 0 Å². The summed E-state index contributed by atoms with van der Waals surface area (Å²) >= 11 is 0. The number of fused-ring (bicyclic) bond motifs is 2. The molecule has 0 fully saturated rings. The number of carbonyl (C=O) groups is 2. The topological polar surface area (TPSA) is 71.7 Å². The Morgan fingerprint density at radius 3 is 1.28 bits per heavy atom. The molecule has 2 aromatic carbocycles. The highest BCUT2D eigenvalue weighted by atomic mass is 28.4. The van der Waals surface area contributed by atoms with Crippen LogP contribution in [0.25, 0.3) is 21.8 Å². The second-order valence-electron chi connectivity index (χ2n) is 12.9. The van der Waals surface area contributed by atoms with Crippen molar-refractivity contribution in [2.24, 2.45) is 0 Å². The van der Waals surface area contributed by atoms with E-state index >= 15 is 0 Å². The molecule has 0 aliphatic carbocycles. The quantitative estimate of drug-likeness (QED) is 0.258. The Bertz CT molecular complexity index is 1440. The van der Waals surface area contributed by atoms with Crippen LogP contribution in [0, 0.1) is 0 Å². The van der Waals surface area contributed by atoms with Crippen LogP contribution in [-0.2, 0) is 13.6 Å². The van der Waals surface area contributed by atoms with E-state index in [4.69, 9.17) is 13.6 Å². The molecule has 2 heterocycles. The first kappa shape index (κ1) is 28.9. The molecule has 0 aliphatic rings. The van der Waals surface area contributed by atoms with Gasteiger partial charge < -0.3 is 13.6 Å². The molecular formula is C30H40N2O5Si2. The second kappa shape index (κ2) is 9.80. The summed E-state index contributed by atoms with van der Waals surface area (Å²) in [7, 11) is -5.52. The zero-order valence-corrected chi connectivity index (χ0v) is 26.7. The van der Waals surface area contributed by atoms with Crippen LogP contribution in [0.2, 0.25) is 26.2 Å². The molecular weight excluding hydrogens is 525 g/mol. The van der Waals surface area contributed by atoms with Crippen LogP contribution < -0.4 is 10.6 Å². The largest absolute Gasteiger partial charge is 0.447 e. The monoisotopic (exact) mass is 564 g/mol. The van der Waals surface area contributed by atoms with Crippen molar-refractivity contribution >= 4 is 61.3 Å². The van der Waals surface area contributed by atoms with Gasteiger partial charge >= 0.3 is 12.2 Å². The summed E-state index contributed by atoms with van der Waals surface area (Å²) in [6.45, 7) is 19.5. The molecule has 9 heteroatoms. The van der Waals surface area contributed by atoms with Crippen molar-refractivity contribution in [1.29, 1.82) is 0 Å². The molecule has 0 N–H and O–H groups in total. The normalized spacial score (nSPS) is 13.2. The van der Waals surface area contributed by atoms with Gasteiger partial charge in [-0.05, 0) is 92.0 Å². The van der Waals surface area contributed by atoms with Crippen molar-refractivity contribution in [3.8, 4) is 0 Å². The molecule has 4 rings (SSSR count). The smallest absolute Gasteiger partial charge is 0.418 e. The van der Waals surface area contributed by atoms with Gasteiger partial charge in [0.25, 0.3) is 0 Å². The predicted octanol–water partition coefficient (Wildman–Crippen LogP) is 6.70. The summed E-state index contributed by atoms with van der Waals surface area (Å²) in [5.41, 5.74) is 0.282. The maximum absolute atomic E-state index is 13.5. The van der Waals surface area contributed by atoms with Gasteiger partial charge in [-0.15, -0.1) is 0 Å². The van der Waals surface area contributed by atoms with Gasteiger partial charge in [0.1, 0.15) is 11.2 Å². The Hall–Kier alpha value is -3.15. The zero-order chi connectivity index (χ0) is 29.0. The van der Waals surface area contributed by atoms with Crippen LogP contribution in [0.5, 0.6) is 0 Å². The molecule has 2 aromatic heterocycles. The second-order valence-corrected chi connectivity index (χ2v) is 20.8. The van der Waals surface area contributed by atoms with Gasteiger partial charge in [-0.2, -0.15) is 0 Å². The minimum Gasteiger partial charge on any atom is -0.447 e. The highest BCUT2D eigenvalue weighted by molar-refractivity contribution is 6.96. The summed E-state index contributed by atoms with van der Waals surface area (Å²) in [6, 6.07) is 19.7. The zero-order valence-electron chi connectivity index (χ0n) is 24.7. The molecule has 0 atom stereocenters. The first-order chi connectivity index (χ1) is 17.9. The van der Waals surface area contributed by atoms with Gasteiger partial charge in [-0.1, -0.05) is 36.4 Å². The van der Waals surface area contributed by atoms with E-state index in [1.165, 1.54) is 0 Å². The van der Waals surface area contributed by atoms with E-state index in [1.54, 1.807) is 9.13 Å². The molecule has 208 valence electrons. The van der Waals surface area contributed by atoms with Crippen molar-refractivity contribution in [1.82, 2.24) is 9.13 Å². The third-order valence-electron chi connectivity index (χ3n) is 6.32. The average molecular weight is 565 g/mol. The Balaban J connectivity index is 1.82. The fraction of sp³-hybridized carbons (Fsp3) is 0.400. The third kappa shape index (κ3) is 6.05. The van der Waals surface area contributed by atoms with E-state index in [2.05, 4.69) is 26.2 Å². The van der Waals surface area contributed by atoms with Gasteiger partial charge in [0, 0.05) is 21.4 Å². The van der Waals surface area contributed by atoms with Crippen LogP contribution in [-0.4, -0.2) is 49.2 Å². The van der Waals surface area contributed by atoms with Crippen molar-refractivity contribution in [2.45, 2.75) is 78.9 Å². The van der Waals surface area contributed by atoms with Crippen molar-refractivity contribution in [2.75, 3.05) is 0 Å². The number of rotatable bonds is 4. The van der Waals surface area contributed by atoms with Crippen LogP contribution in [0.4, 0.5) is 9.59 Å². The van der Waals surface area contributed by atoms with E-state index in [1.807, 2.05) is 102 Å². The summed E-state index contributed by atoms with van der Waals surface area (Å²) in [4.78, 5) is 27.0. The minimum absolute atomic E-state index is 0.426. The summed E-state index contributed by atoms with van der Waals surface area (Å²) in [5, 5.41) is 3.53. The number of ether oxygens (including phenoxy) is 2. The minimum atomic E-state index is -2.76. The molecule has 39 heavy (non-hydrogen) atoms. The van der Waals surface area contributed by atoms with Gasteiger partial charge in [-0.3, -0.25) is 9.13 Å². The number of hydrogen-bond donors (Lipinski definition) is 0. The number of aromatic nitrogens is 2. The third-order valence-corrected chi connectivity index (χ3v) is 13.6. The Morgan fingerprint density at radius 1 is 0.615 bits per heavy atom. The van der Waals surface area contributed by atoms with Gasteiger partial charge in [0.05, 0.1) is 11.0 Å². The molecule has 0 radical (unpaired) electrons. The van der Waals surface area contributed by atoms with E-state index in [0.29, 0.717) is 0 Å². The predicted molar refractivity (Wildman–Crippen MR) is 162 cm³/mol. The Labute approximate surface area is 232 Å². The molecule has 0 bridgehead atoms. The van der Waals surface area contributed by atoms with Crippen LogP contribution in [0.15, 0.2) is 60.7 Å². The maximum Gasteiger partial charge on any atom is 0.418 e. The Kier molecular flexibility index (Phi) is 7.25. The molecule has 0 aliphatic heterocycles. The molecule has 0 saturated heterocycles. The van der Waals surface area contributed by atoms with E-state index in [-0.39, 0.29) is 0 Å². The fourth-order valence-corrected chi connectivity index (χ4v) is 13.4. The molecule has 0 spiro atoms. The highest BCUT2D eigenvalue weighted by Gasteiger charge is 2.42. The SMILES string of the molecule is CC(C)(C)OC(=O)n1c([Si](C)(C)O[Si](C)(C)c2cc3ccccc3n2C(=O)OC(C)(C)C)cc2ccccc21. The molecule has 7 nitrogen and oxygen atoms in total. The fourth-order valence-electron chi connectivity index (χ4n) is 4.95. The standard InChI is InChI=1S/C30H40N2O5Si2/c1-29(2,3)35-27(33)31-23-17-13-11-15-21(23)19-25(31)38(7,8)37-39(9,10)26-20-22-16-12-14-18-24(22)32(26)28(34)36-30(4,5)6/h11-20H,1-10H3. The lowest BCUT2D eigenvalue weighted by molar-refractivity contribution is 0.0537. The summed E-state index contributed by atoms with van der Waals surface area (Å²) in [5.74, 6) is 0. The number of carbonyl (C=O) groups excluding carboxylic acids is 2. The molecule has 0 saturated carbocycles. The van der Waals surface area contributed by atoms with Crippen molar-refractivity contribution in [3.05, 3.63) is 60.7 Å². The Morgan fingerprint density at radius 2 is 0.949 bits per heavy atom. The number of nitrogens with zero attached hydrogens (tertiary/aromatic N) is 2. The lowest BCUT2D eigenvalue weighted by Crippen LogP contribution is -2.61. The summed E-state index contributed by atoms with van der Waals surface area (Å²) < 4.78 is 22.1.